The van der Waals surface area contributed by atoms with Gasteiger partial charge in [-0.05, 0) is 26.0 Å². The van der Waals surface area contributed by atoms with Crippen molar-refractivity contribution in [3.05, 3.63) is 24.3 Å². The number of hydrogen-bond acceptors (Lipinski definition) is 3. The number of nitrogens with zero attached hydrogens (tertiary/aromatic N) is 2. The van der Waals surface area contributed by atoms with Crippen molar-refractivity contribution in [3.63, 3.8) is 0 Å². The average molecular weight is 188 g/mol. The van der Waals surface area contributed by atoms with Crippen LogP contribution in [0.3, 0.4) is 0 Å². The molecule has 1 heterocycles. The Hall–Kier alpha value is -1.84. The monoisotopic (exact) mass is 188 g/mol. The van der Waals surface area contributed by atoms with E-state index in [9.17, 15) is 0 Å². The molecule has 14 heavy (non-hydrogen) atoms. The van der Waals surface area contributed by atoms with Gasteiger partial charge in [0, 0.05) is 5.71 Å². The summed E-state index contributed by atoms with van der Waals surface area (Å²) in [5.74, 6) is 0.674. The van der Waals surface area contributed by atoms with E-state index in [0.717, 1.165) is 16.7 Å². The number of anilines is 1. The Bertz CT molecular complexity index is 433. The molecule has 2 rings (SSSR count). The lowest BCUT2D eigenvalue weighted by Gasteiger charge is -1.93. The highest BCUT2D eigenvalue weighted by atomic mass is 15.4. The summed E-state index contributed by atoms with van der Waals surface area (Å²) >= 11 is 0. The van der Waals surface area contributed by atoms with Gasteiger partial charge in [-0.2, -0.15) is 5.10 Å². The highest BCUT2D eigenvalue weighted by Gasteiger charge is 1.98. The van der Waals surface area contributed by atoms with Crippen LogP contribution in [-0.2, 0) is 0 Å². The molecular weight excluding hydrogens is 176 g/mol. The molecule has 2 N–H and O–H groups in total. The van der Waals surface area contributed by atoms with Crippen molar-refractivity contribution < 1.29 is 0 Å². The van der Waals surface area contributed by atoms with E-state index in [2.05, 4.69) is 20.5 Å². The minimum absolute atomic E-state index is 0.674. The topological polar surface area (TPSA) is 53.1 Å². The van der Waals surface area contributed by atoms with Gasteiger partial charge in [-0.3, -0.25) is 0 Å². The Morgan fingerprint density at radius 1 is 1.36 bits per heavy atom. The molecule has 0 saturated carbocycles. The van der Waals surface area contributed by atoms with Gasteiger partial charge in [0.15, 0.2) is 0 Å². The van der Waals surface area contributed by atoms with Gasteiger partial charge in [0.2, 0.25) is 5.95 Å². The molecule has 72 valence electrons. The first-order valence-electron chi connectivity index (χ1n) is 4.47. The van der Waals surface area contributed by atoms with Gasteiger partial charge in [0.1, 0.15) is 0 Å². The maximum absolute atomic E-state index is 4.31. The lowest BCUT2D eigenvalue weighted by atomic mass is 10.3. The maximum Gasteiger partial charge on any atom is 0.222 e. The van der Waals surface area contributed by atoms with Crippen molar-refractivity contribution in [2.75, 3.05) is 5.43 Å². The second-order valence-corrected chi connectivity index (χ2v) is 3.27. The predicted octanol–water partition coefficient (Wildman–Crippen LogP) is 2.37. The van der Waals surface area contributed by atoms with E-state index in [1.807, 2.05) is 38.1 Å². The fourth-order valence-corrected chi connectivity index (χ4v) is 1.17. The van der Waals surface area contributed by atoms with Gasteiger partial charge in [0.25, 0.3) is 0 Å². The van der Waals surface area contributed by atoms with E-state index in [1.165, 1.54) is 0 Å². The number of fused-ring (bicyclic) bond motifs is 1. The number of imidazole rings is 1. The van der Waals surface area contributed by atoms with Gasteiger partial charge in [-0.1, -0.05) is 12.1 Å². The highest BCUT2D eigenvalue weighted by molar-refractivity contribution is 5.80. The van der Waals surface area contributed by atoms with Crippen molar-refractivity contribution in [1.82, 2.24) is 9.97 Å². The fraction of sp³-hybridized carbons (Fsp3) is 0.200. The quantitative estimate of drug-likeness (QED) is 0.561. The van der Waals surface area contributed by atoms with E-state index in [1.54, 1.807) is 0 Å². The lowest BCUT2D eigenvalue weighted by molar-refractivity contribution is 1.20. The molecule has 0 aliphatic heterocycles. The SMILES string of the molecule is CC(C)=NNc1nc2ccccc2[nH]1. The second-order valence-electron chi connectivity index (χ2n) is 3.27. The third-order valence-corrected chi connectivity index (χ3v) is 1.77. The second kappa shape index (κ2) is 3.49. The molecule has 0 radical (unpaired) electrons. The number of hydrogen-bond donors (Lipinski definition) is 2. The van der Waals surface area contributed by atoms with Gasteiger partial charge >= 0.3 is 0 Å². The normalized spacial score (nSPS) is 10.1. The van der Waals surface area contributed by atoms with Crippen molar-refractivity contribution in [3.8, 4) is 0 Å². The van der Waals surface area contributed by atoms with Crippen LogP contribution >= 0.6 is 0 Å². The first-order chi connectivity index (χ1) is 6.75. The number of rotatable bonds is 2. The zero-order valence-electron chi connectivity index (χ0n) is 8.20. The predicted molar refractivity (Wildman–Crippen MR) is 58.5 cm³/mol. The van der Waals surface area contributed by atoms with Gasteiger partial charge in [-0.25, -0.2) is 10.4 Å². The summed E-state index contributed by atoms with van der Waals surface area (Å²) < 4.78 is 0. The van der Waals surface area contributed by atoms with E-state index in [0.29, 0.717) is 5.95 Å². The van der Waals surface area contributed by atoms with Crippen LogP contribution in [0.4, 0.5) is 5.95 Å². The third kappa shape index (κ3) is 1.74. The Balaban J connectivity index is 2.31. The van der Waals surface area contributed by atoms with Crippen LogP contribution in [0, 0.1) is 0 Å². The van der Waals surface area contributed by atoms with E-state index < -0.39 is 0 Å². The number of nitrogens with one attached hydrogen (secondary N) is 2. The van der Waals surface area contributed by atoms with Crippen molar-refractivity contribution in [2.24, 2.45) is 5.10 Å². The highest BCUT2D eigenvalue weighted by Crippen LogP contribution is 2.12. The molecule has 0 bridgehead atoms. The molecule has 0 aliphatic carbocycles. The van der Waals surface area contributed by atoms with Gasteiger partial charge in [0.05, 0.1) is 11.0 Å². The summed E-state index contributed by atoms with van der Waals surface area (Å²) in [6, 6.07) is 7.87. The Labute approximate surface area is 82.1 Å². The smallest absolute Gasteiger partial charge is 0.222 e. The molecule has 0 spiro atoms. The fourth-order valence-electron chi connectivity index (χ4n) is 1.17. The summed E-state index contributed by atoms with van der Waals surface area (Å²) in [7, 11) is 0. The molecule has 0 amide bonds. The molecule has 1 aromatic heterocycles. The summed E-state index contributed by atoms with van der Waals surface area (Å²) in [6.07, 6.45) is 0. The number of benzene rings is 1. The van der Waals surface area contributed by atoms with Gasteiger partial charge < -0.3 is 4.98 Å². The lowest BCUT2D eigenvalue weighted by Crippen LogP contribution is -1.94. The molecular formula is C10H12N4. The number of aromatic nitrogens is 2. The van der Waals surface area contributed by atoms with Crippen LogP contribution in [0.25, 0.3) is 11.0 Å². The molecule has 4 nitrogen and oxygen atoms in total. The Kier molecular flexibility index (Phi) is 2.18. The number of H-pyrrole nitrogens is 1. The van der Waals surface area contributed by atoms with Crippen molar-refractivity contribution in [2.45, 2.75) is 13.8 Å². The summed E-state index contributed by atoms with van der Waals surface area (Å²) in [5.41, 5.74) is 5.77. The molecule has 0 unspecified atom stereocenters. The first kappa shape index (κ1) is 8.74. The summed E-state index contributed by atoms with van der Waals surface area (Å²) in [4.78, 5) is 7.43. The molecule has 1 aromatic carbocycles. The van der Waals surface area contributed by atoms with Crippen molar-refractivity contribution in [1.29, 1.82) is 0 Å². The molecule has 0 atom stereocenters. The largest absolute Gasteiger partial charge is 0.323 e. The summed E-state index contributed by atoms with van der Waals surface area (Å²) in [6.45, 7) is 3.85. The molecule has 0 fully saturated rings. The van der Waals surface area contributed by atoms with Crippen molar-refractivity contribution >= 4 is 22.7 Å². The molecule has 2 aromatic rings. The summed E-state index contributed by atoms with van der Waals surface area (Å²) in [5, 5.41) is 4.06. The third-order valence-electron chi connectivity index (χ3n) is 1.77. The molecule has 0 aliphatic rings. The maximum atomic E-state index is 4.31. The van der Waals surface area contributed by atoms with Gasteiger partial charge in [-0.15, -0.1) is 0 Å². The zero-order chi connectivity index (χ0) is 9.97. The Morgan fingerprint density at radius 3 is 2.86 bits per heavy atom. The van der Waals surface area contributed by atoms with Crippen LogP contribution < -0.4 is 5.43 Å². The van der Waals surface area contributed by atoms with Crippen LogP contribution in [0.15, 0.2) is 29.4 Å². The Morgan fingerprint density at radius 2 is 2.14 bits per heavy atom. The standard InChI is InChI=1S/C10H12N4/c1-7(2)13-14-10-11-8-5-3-4-6-9(8)12-10/h3-6H,1-2H3,(H2,11,12,14). The molecule has 0 saturated heterocycles. The number of hydrazone groups is 1. The van der Waals surface area contributed by atoms with Crippen LogP contribution in [-0.4, -0.2) is 15.7 Å². The first-order valence-corrected chi connectivity index (χ1v) is 4.47. The number of para-hydroxylation sites is 2. The van der Waals surface area contributed by atoms with E-state index >= 15 is 0 Å². The minimum Gasteiger partial charge on any atom is -0.323 e. The van der Waals surface area contributed by atoms with Crippen LogP contribution in [0.2, 0.25) is 0 Å². The van der Waals surface area contributed by atoms with E-state index in [4.69, 9.17) is 0 Å². The van der Waals surface area contributed by atoms with E-state index in [-0.39, 0.29) is 0 Å². The minimum atomic E-state index is 0.674. The molecule has 4 heteroatoms. The van der Waals surface area contributed by atoms with Crippen LogP contribution in [0.5, 0.6) is 0 Å². The zero-order valence-corrected chi connectivity index (χ0v) is 8.20. The number of aromatic amines is 1. The van der Waals surface area contributed by atoms with Crippen LogP contribution in [0.1, 0.15) is 13.8 Å². The average Bonchev–Trinajstić information content (AvgIpc) is 2.57.